The minimum atomic E-state index is -0.705. The van der Waals surface area contributed by atoms with Crippen LogP contribution in [0, 0.1) is 5.92 Å². The van der Waals surface area contributed by atoms with Crippen molar-refractivity contribution in [3.63, 3.8) is 0 Å². The Balaban J connectivity index is 0.00000200. The van der Waals surface area contributed by atoms with E-state index in [9.17, 15) is 4.79 Å². The van der Waals surface area contributed by atoms with E-state index in [1.165, 1.54) is 0 Å². The highest BCUT2D eigenvalue weighted by Gasteiger charge is 2.27. The lowest BCUT2D eigenvalue weighted by Gasteiger charge is -2.16. The molecule has 2 rings (SSSR count). The van der Waals surface area contributed by atoms with Gasteiger partial charge in [0.2, 0.25) is 0 Å². The third-order valence-electron chi connectivity index (χ3n) is 3.18. The Morgan fingerprint density at radius 3 is 2.90 bits per heavy atom. The smallest absolute Gasteiger partial charge is 0.307 e. The summed E-state index contributed by atoms with van der Waals surface area (Å²) in [6.45, 7) is 2.70. The number of hydrogen-bond acceptors (Lipinski definition) is 3. The van der Waals surface area contributed by atoms with Crippen molar-refractivity contribution in [1.82, 2.24) is 4.90 Å². The van der Waals surface area contributed by atoms with Crippen molar-refractivity contribution in [2.24, 2.45) is 5.92 Å². The Bertz CT molecular complexity index is 473. The van der Waals surface area contributed by atoms with Gasteiger partial charge in [0.25, 0.3) is 0 Å². The summed E-state index contributed by atoms with van der Waals surface area (Å²) in [5.41, 5.74) is 0. The second kappa shape index (κ2) is 8.08. The van der Waals surface area contributed by atoms with Gasteiger partial charge in [0.1, 0.15) is 12.4 Å². The molecule has 0 amide bonds. The summed E-state index contributed by atoms with van der Waals surface area (Å²) in [5.74, 6) is -0.190. The normalized spacial score (nSPS) is 18.6. The van der Waals surface area contributed by atoms with E-state index in [0.29, 0.717) is 18.2 Å². The van der Waals surface area contributed by atoms with Crippen molar-refractivity contribution < 1.29 is 14.6 Å². The van der Waals surface area contributed by atoms with Gasteiger partial charge in [0.15, 0.2) is 0 Å². The van der Waals surface area contributed by atoms with E-state index in [1.54, 1.807) is 12.1 Å². The average molecular weight is 385 g/mol. The molecule has 1 aromatic rings. The van der Waals surface area contributed by atoms with Crippen LogP contribution in [0.4, 0.5) is 0 Å². The molecule has 1 aliphatic heterocycles. The maximum atomic E-state index is 10.8. The molecule has 0 spiro atoms. The summed E-state index contributed by atoms with van der Waals surface area (Å²) in [4.78, 5) is 13.0. The van der Waals surface area contributed by atoms with Crippen molar-refractivity contribution in [3.8, 4) is 5.75 Å². The number of rotatable bonds is 5. The second-order valence-corrected chi connectivity index (χ2v) is 5.84. The van der Waals surface area contributed by atoms with Gasteiger partial charge in [0.05, 0.1) is 10.4 Å². The summed E-state index contributed by atoms with van der Waals surface area (Å²) >= 11 is 9.24. The van der Waals surface area contributed by atoms with Crippen LogP contribution in [-0.4, -0.2) is 42.2 Å². The van der Waals surface area contributed by atoms with Crippen LogP contribution in [0.25, 0.3) is 0 Å². The maximum absolute atomic E-state index is 10.8. The minimum absolute atomic E-state index is 0. The third kappa shape index (κ3) is 4.81. The summed E-state index contributed by atoms with van der Waals surface area (Å²) in [5, 5.41) is 9.58. The van der Waals surface area contributed by atoms with Crippen LogP contribution in [0.15, 0.2) is 22.7 Å². The zero-order chi connectivity index (χ0) is 13.8. The molecule has 1 unspecified atom stereocenters. The van der Waals surface area contributed by atoms with Crippen LogP contribution in [0.3, 0.4) is 0 Å². The van der Waals surface area contributed by atoms with Gasteiger partial charge >= 0.3 is 5.97 Å². The largest absolute Gasteiger partial charge is 0.491 e. The number of nitrogens with zero attached hydrogens (tertiary/aromatic N) is 1. The molecule has 0 aliphatic carbocycles. The number of carboxylic acid groups (broad SMARTS) is 1. The number of carbonyl (C=O) groups is 1. The number of benzene rings is 1. The minimum Gasteiger partial charge on any atom is -0.491 e. The van der Waals surface area contributed by atoms with Crippen molar-refractivity contribution in [1.29, 1.82) is 0 Å². The van der Waals surface area contributed by atoms with E-state index >= 15 is 0 Å². The topological polar surface area (TPSA) is 49.8 Å². The highest BCUT2D eigenvalue weighted by molar-refractivity contribution is 9.10. The Morgan fingerprint density at radius 2 is 2.30 bits per heavy atom. The first kappa shape index (κ1) is 17.6. The lowest BCUT2D eigenvalue weighted by molar-refractivity contribution is -0.141. The highest BCUT2D eigenvalue weighted by Crippen LogP contribution is 2.28. The molecule has 1 aromatic carbocycles. The number of halogens is 3. The first-order valence-corrected chi connectivity index (χ1v) is 7.26. The molecule has 0 bridgehead atoms. The molecule has 20 heavy (non-hydrogen) atoms. The quantitative estimate of drug-likeness (QED) is 0.845. The van der Waals surface area contributed by atoms with Gasteiger partial charge in [0, 0.05) is 18.1 Å². The van der Waals surface area contributed by atoms with Crippen molar-refractivity contribution >= 4 is 45.9 Å². The van der Waals surface area contributed by atoms with Crippen LogP contribution < -0.4 is 4.74 Å². The van der Waals surface area contributed by atoms with Gasteiger partial charge in [-0.2, -0.15) is 0 Å². The van der Waals surface area contributed by atoms with E-state index in [1.807, 2.05) is 6.07 Å². The third-order valence-corrected chi connectivity index (χ3v) is 4.04. The lowest BCUT2D eigenvalue weighted by atomic mass is 10.1. The predicted molar refractivity (Wildman–Crippen MR) is 84.1 cm³/mol. The van der Waals surface area contributed by atoms with E-state index < -0.39 is 5.97 Å². The van der Waals surface area contributed by atoms with Crippen LogP contribution in [-0.2, 0) is 4.79 Å². The number of ether oxygens (including phenoxy) is 1. The van der Waals surface area contributed by atoms with Crippen molar-refractivity contribution in [3.05, 3.63) is 27.7 Å². The number of hydrogen-bond donors (Lipinski definition) is 1. The van der Waals surface area contributed by atoms with Crippen LogP contribution >= 0.6 is 39.9 Å². The van der Waals surface area contributed by atoms with Crippen molar-refractivity contribution in [2.45, 2.75) is 6.42 Å². The van der Waals surface area contributed by atoms with Crippen LogP contribution in [0.5, 0.6) is 5.75 Å². The fourth-order valence-corrected chi connectivity index (χ4v) is 2.91. The molecule has 1 N–H and O–H groups in total. The van der Waals surface area contributed by atoms with Crippen LogP contribution in [0.2, 0.25) is 5.02 Å². The predicted octanol–water partition coefficient (Wildman–Crippen LogP) is 3.31. The molecule has 1 aliphatic rings. The molecule has 0 aromatic heterocycles. The fraction of sp³-hybridized carbons (Fsp3) is 0.462. The Kier molecular flexibility index (Phi) is 7.09. The summed E-state index contributed by atoms with van der Waals surface area (Å²) in [7, 11) is 0. The molecule has 1 saturated heterocycles. The number of likely N-dealkylation sites (tertiary alicyclic amines) is 1. The zero-order valence-corrected chi connectivity index (χ0v) is 13.9. The van der Waals surface area contributed by atoms with Gasteiger partial charge in [-0.3, -0.25) is 9.69 Å². The van der Waals surface area contributed by atoms with Crippen LogP contribution in [0.1, 0.15) is 6.42 Å². The Hall–Kier alpha value is -0.490. The SMILES string of the molecule is Cl.O=C(O)C1CCN(CCOc2ccc(Cl)cc2Br)C1. The van der Waals surface area contributed by atoms with Gasteiger partial charge < -0.3 is 9.84 Å². The molecule has 1 heterocycles. The standard InChI is InChI=1S/C13H15BrClNO3.ClH/c14-11-7-10(15)1-2-12(11)19-6-5-16-4-3-9(8-16)13(17)18;/h1-2,7,9H,3-6,8H2,(H,17,18);1H. The first-order valence-electron chi connectivity index (χ1n) is 6.09. The van der Waals surface area contributed by atoms with Gasteiger partial charge in [-0.05, 0) is 47.1 Å². The van der Waals surface area contributed by atoms with Gasteiger partial charge in [-0.25, -0.2) is 0 Å². The molecule has 112 valence electrons. The lowest BCUT2D eigenvalue weighted by Crippen LogP contribution is -2.27. The monoisotopic (exact) mass is 383 g/mol. The molecular formula is C13H16BrCl2NO3. The average Bonchev–Trinajstić information content (AvgIpc) is 2.81. The zero-order valence-electron chi connectivity index (χ0n) is 10.7. The fourth-order valence-electron chi connectivity index (χ4n) is 2.11. The summed E-state index contributed by atoms with van der Waals surface area (Å²) < 4.78 is 6.48. The first-order chi connectivity index (χ1) is 9.06. The molecule has 4 nitrogen and oxygen atoms in total. The molecule has 1 fully saturated rings. The second-order valence-electron chi connectivity index (χ2n) is 4.55. The van der Waals surface area contributed by atoms with E-state index in [4.69, 9.17) is 21.4 Å². The van der Waals surface area contributed by atoms with Gasteiger partial charge in [-0.1, -0.05) is 11.6 Å². The summed E-state index contributed by atoms with van der Waals surface area (Å²) in [6.07, 6.45) is 0.722. The van der Waals surface area contributed by atoms with E-state index in [0.717, 1.165) is 29.7 Å². The molecular weight excluding hydrogens is 369 g/mol. The van der Waals surface area contributed by atoms with E-state index in [-0.39, 0.29) is 18.3 Å². The van der Waals surface area contributed by atoms with E-state index in [2.05, 4.69) is 20.8 Å². The number of aliphatic carboxylic acids is 1. The van der Waals surface area contributed by atoms with Crippen molar-refractivity contribution in [2.75, 3.05) is 26.2 Å². The Morgan fingerprint density at radius 1 is 1.55 bits per heavy atom. The molecule has 1 atom stereocenters. The molecule has 0 radical (unpaired) electrons. The highest BCUT2D eigenvalue weighted by atomic mass is 79.9. The van der Waals surface area contributed by atoms with Gasteiger partial charge in [-0.15, -0.1) is 12.4 Å². The number of carboxylic acids is 1. The Labute approximate surface area is 137 Å². The summed E-state index contributed by atoms with van der Waals surface area (Å²) in [6, 6.07) is 5.38. The molecule has 0 saturated carbocycles. The molecule has 7 heteroatoms. The maximum Gasteiger partial charge on any atom is 0.307 e.